The maximum absolute atomic E-state index is 12.5. The van der Waals surface area contributed by atoms with E-state index in [1.54, 1.807) is 62.4 Å². The fraction of sp³-hybridized carbons (Fsp3) is 0.157. The van der Waals surface area contributed by atoms with E-state index in [-0.39, 0.29) is 80.2 Å². The quantitative estimate of drug-likeness (QED) is 0.0137. The number of hydrogen-bond donors (Lipinski definition) is 5. The molecule has 6 aromatic carbocycles. The number of para-hydroxylation sites is 4. The first kappa shape index (κ1) is 58.3. The molecule has 0 bridgehead atoms. The molecule has 0 spiro atoms. The van der Waals surface area contributed by atoms with Gasteiger partial charge < -0.3 is 20.0 Å². The molecule has 8 aromatic rings. The number of aromatic nitrogens is 4. The molecule has 19 nitrogen and oxygen atoms in total. The van der Waals surface area contributed by atoms with Gasteiger partial charge in [0.25, 0.3) is 0 Å². The monoisotopic (exact) mass is 1020 g/mol. The van der Waals surface area contributed by atoms with Gasteiger partial charge in [-0.1, -0.05) is 115 Å². The summed E-state index contributed by atoms with van der Waals surface area (Å²) in [5, 5.41) is 63.9. The van der Waals surface area contributed by atoms with Crippen LogP contribution in [0.25, 0.3) is 22.5 Å². The molecule has 2 aromatic heterocycles. The number of nitrogens with zero attached hydrogens (tertiary/aromatic N) is 8. The summed E-state index contributed by atoms with van der Waals surface area (Å²) in [4.78, 5) is 2.65. The molecule has 0 unspecified atom stereocenters. The molecular weight excluding hydrogens is 959 g/mol. The average Bonchev–Trinajstić information content (AvgIpc) is 3.79. The van der Waals surface area contributed by atoms with E-state index in [9.17, 15) is 28.4 Å². The maximum atomic E-state index is 12.5. The minimum absolute atomic E-state index is 0. The van der Waals surface area contributed by atoms with Gasteiger partial charge in [0.05, 0.1) is 51.1 Å². The molecule has 0 aliphatic rings. The Balaban J connectivity index is 0.000000528. The number of anilines is 1. The Morgan fingerprint density at radius 1 is 0.653 bits per heavy atom. The zero-order valence-corrected chi connectivity index (χ0v) is 38.3. The van der Waals surface area contributed by atoms with E-state index < -0.39 is 15.0 Å². The number of nitrogens with one attached hydrogen (secondary N) is 2. The number of aryl methyl sites for hydroxylation is 4. The molecular formula is C51H58N11O8S2-. The number of azo groups is 2. The molecule has 378 valence electrons. The third-order valence-corrected chi connectivity index (χ3v) is 11.5. The number of aromatic hydroxyl groups is 2. The topological polar surface area (TPSA) is 276 Å². The Morgan fingerprint density at radius 3 is 1.62 bits per heavy atom. The van der Waals surface area contributed by atoms with Gasteiger partial charge in [-0.15, -0.1) is 10.2 Å². The molecule has 0 fully saturated rings. The van der Waals surface area contributed by atoms with Crippen LogP contribution in [0.3, 0.4) is 0 Å². The summed E-state index contributed by atoms with van der Waals surface area (Å²) in [7, 11) is -5.10. The van der Waals surface area contributed by atoms with Gasteiger partial charge in [0.1, 0.15) is 21.5 Å². The molecule has 0 radical (unpaired) electrons. The van der Waals surface area contributed by atoms with Crippen molar-refractivity contribution in [3.63, 3.8) is 0 Å². The lowest BCUT2D eigenvalue weighted by molar-refractivity contribution is -0.777. The van der Waals surface area contributed by atoms with Gasteiger partial charge in [0.2, 0.25) is 11.8 Å². The number of nitrogens with two attached hydrogens (primary N) is 1. The number of hydrogen-bond acceptors (Lipinski definition) is 15. The summed E-state index contributed by atoms with van der Waals surface area (Å²) >= 11 is 0.442. The molecule has 0 saturated heterocycles. The highest BCUT2D eigenvalue weighted by Gasteiger charge is 2.20. The summed E-state index contributed by atoms with van der Waals surface area (Å²) in [6.07, 6.45) is 0. The summed E-state index contributed by atoms with van der Waals surface area (Å²) in [6, 6.07) is 41.9. The fourth-order valence-corrected chi connectivity index (χ4v) is 7.88. The Hall–Kier alpha value is -8.05. The largest absolute Gasteiger partial charge is 0.744 e. The van der Waals surface area contributed by atoms with Crippen molar-refractivity contribution in [1.29, 1.82) is 0 Å². The van der Waals surface area contributed by atoms with Gasteiger partial charge in [-0.2, -0.15) is 34.1 Å². The highest BCUT2D eigenvalue weighted by Crippen LogP contribution is 2.41. The van der Waals surface area contributed by atoms with Crippen LogP contribution in [0, 0.1) is 27.7 Å². The lowest BCUT2D eigenvalue weighted by Crippen LogP contribution is -2.72. The molecule has 8 rings (SSSR count). The second-order valence-electron chi connectivity index (χ2n) is 14.7. The second kappa shape index (κ2) is 26.2. The minimum Gasteiger partial charge on any atom is -0.744 e. The Labute approximate surface area is 423 Å². The van der Waals surface area contributed by atoms with Gasteiger partial charge in [-0.3, -0.25) is 10.8 Å². The van der Waals surface area contributed by atoms with Crippen molar-refractivity contribution < 1.29 is 42.8 Å². The van der Waals surface area contributed by atoms with Crippen molar-refractivity contribution in [1.82, 2.24) is 19.6 Å². The zero-order valence-electron chi connectivity index (χ0n) is 36.7. The van der Waals surface area contributed by atoms with E-state index in [1.807, 2.05) is 74.5 Å². The first-order chi connectivity index (χ1) is 32.7. The van der Waals surface area contributed by atoms with Crippen LogP contribution in [0.4, 0.5) is 34.1 Å². The zero-order chi connectivity index (χ0) is 48.4. The molecule has 21 heteroatoms. The van der Waals surface area contributed by atoms with Crippen LogP contribution >= 0.6 is 12.0 Å². The lowest BCUT2D eigenvalue weighted by atomic mass is 10.0. The van der Waals surface area contributed by atoms with Crippen LogP contribution in [0.5, 0.6) is 11.8 Å². The van der Waals surface area contributed by atoms with Crippen molar-refractivity contribution in [2.45, 2.75) is 67.2 Å². The standard InChI is InChI=1S/C32H26N8O8S2.C15H17N3.4CH4/c1-19-29(31(41)39(37-19)23-9-5-3-6-10-23)35-33-21-13-15-25(27(17-21)49-48-47-43)26-16-14-22(18-28(26)50(44,45)46)34-36-30-20(2)38-40(32(30)42)24-11-7-4-8-12-24;1-11-7-3-5-9-13(11)17-15(16)18-14-10-6-4-8-12(14)2;;;;/h3-18,41-43H,1-2H3,(H,44,45,46);3-10H,1-2H3,(H3,16,17,18);4*1H4/p-1. The Bertz CT molecular complexity index is 3270. The van der Waals surface area contributed by atoms with Crippen LogP contribution in [-0.2, 0) is 19.5 Å². The molecule has 2 heterocycles. The number of guanidine groups is 1. The Morgan fingerprint density at radius 2 is 1.12 bits per heavy atom. The van der Waals surface area contributed by atoms with E-state index in [1.165, 1.54) is 39.7 Å². The Kier molecular flexibility index (Phi) is 21.2. The van der Waals surface area contributed by atoms with Gasteiger partial charge in [0, 0.05) is 10.5 Å². The minimum atomic E-state index is -5.10. The number of rotatable bonds is 13. The van der Waals surface area contributed by atoms with Crippen molar-refractivity contribution in [2.75, 3.05) is 5.32 Å². The first-order valence-electron chi connectivity index (χ1n) is 20.4. The van der Waals surface area contributed by atoms with Crippen LogP contribution < -0.4 is 21.3 Å². The van der Waals surface area contributed by atoms with Crippen molar-refractivity contribution in [2.24, 2.45) is 26.2 Å². The van der Waals surface area contributed by atoms with Crippen LogP contribution in [0.2, 0.25) is 0 Å². The van der Waals surface area contributed by atoms with Gasteiger partial charge >= 0.3 is 5.96 Å². The molecule has 0 aliphatic carbocycles. The molecule has 0 amide bonds. The highest BCUT2D eigenvalue weighted by molar-refractivity contribution is 7.94. The molecule has 72 heavy (non-hydrogen) atoms. The van der Waals surface area contributed by atoms with E-state index in [0.29, 0.717) is 40.8 Å². The molecule has 6 N–H and O–H groups in total. The van der Waals surface area contributed by atoms with Gasteiger partial charge in [0.15, 0.2) is 11.4 Å². The van der Waals surface area contributed by atoms with Crippen molar-refractivity contribution in [3.8, 4) is 34.3 Å². The van der Waals surface area contributed by atoms with Crippen LogP contribution in [-0.4, -0.2) is 48.7 Å². The predicted octanol–water partition coefficient (Wildman–Crippen LogP) is 10.7. The normalized spacial score (nSPS) is 11.2. The van der Waals surface area contributed by atoms with E-state index in [2.05, 4.69) is 50.3 Å². The van der Waals surface area contributed by atoms with Crippen molar-refractivity contribution in [3.05, 3.63) is 168 Å². The molecule has 0 aliphatic heterocycles. The second-order valence-corrected chi connectivity index (χ2v) is 16.8. The van der Waals surface area contributed by atoms with Gasteiger partial charge in [-0.25, -0.2) is 18.7 Å². The lowest BCUT2D eigenvalue weighted by Gasteiger charge is -2.16. The van der Waals surface area contributed by atoms with Crippen LogP contribution in [0.15, 0.2) is 176 Å². The first-order valence-corrected chi connectivity index (χ1v) is 22.5. The average molecular weight is 1020 g/mol. The fourth-order valence-electron chi connectivity index (χ4n) is 6.63. The predicted molar refractivity (Wildman–Crippen MR) is 279 cm³/mol. The highest BCUT2D eigenvalue weighted by atomic mass is 32.2. The van der Waals surface area contributed by atoms with Gasteiger partial charge in [-0.05, 0) is 105 Å². The summed E-state index contributed by atoms with van der Waals surface area (Å²) in [5.74, 6) is -0.0103. The van der Waals surface area contributed by atoms with E-state index >= 15 is 0 Å². The maximum Gasteiger partial charge on any atom is 0.351 e. The smallest absolute Gasteiger partial charge is 0.351 e. The third kappa shape index (κ3) is 14.1. The third-order valence-electron chi connectivity index (χ3n) is 10.0. The van der Waals surface area contributed by atoms with Crippen LogP contribution in [0.1, 0.15) is 52.2 Å². The van der Waals surface area contributed by atoms with E-state index in [0.717, 1.165) is 28.6 Å². The number of benzene rings is 6. The summed E-state index contributed by atoms with van der Waals surface area (Å²) in [6.45, 7) is 7.35. The van der Waals surface area contributed by atoms with E-state index in [4.69, 9.17) is 5.73 Å². The van der Waals surface area contributed by atoms with Crippen molar-refractivity contribution >= 4 is 62.2 Å². The molecule has 0 saturated carbocycles. The summed E-state index contributed by atoms with van der Waals surface area (Å²) < 4.78 is 44.6. The summed E-state index contributed by atoms with van der Waals surface area (Å²) in [5.41, 5.74) is 12.7. The molecule has 0 atom stereocenters. The SMILES string of the molecule is C.C.C.C.Cc1ccccc1NC(N)=[NH+]c1ccccc1C.Cc1nn(-c2ccccc2)c(O)c1N=Nc1ccc(-c2ccc(N=Nc3c(C)nn(-c4ccccc4)c3O)cc2S(=O)(=O)[O-])c(SOO[O-])c1.